The van der Waals surface area contributed by atoms with Gasteiger partial charge in [-0.25, -0.2) is 4.79 Å². The van der Waals surface area contributed by atoms with Crippen molar-refractivity contribution < 1.29 is 4.79 Å². The zero-order valence-electron chi connectivity index (χ0n) is 9.83. The number of hydrogen-bond donors (Lipinski definition) is 1. The highest BCUT2D eigenvalue weighted by atomic mass is 16.2. The van der Waals surface area contributed by atoms with E-state index in [0.29, 0.717) is 18.0 Å². The van der Waals surface area contributed by atoms with Gasteiger partial charge in [0.05, 0.1) is 6.04 Å². The molecule has 2 rings (SSSR count). The van der Waals surface area contributed by atoms with Gasteiger partial charge in [-0.05, 0) is 18.8 Å². The van der Waals surface area contributed by atoms with E-state index in [4.69, 9.17) is 0 Å². The second kappa shape index (κ2) is 4.42. The molecule has 1 atom stereocenters. The lowest BCUT2D eigenvalue weighted by Crippen LogP contribution is -2.39. The second-order valence-electron chi connectivity index (χ2n) is 5.24. The van der Waals surface area contributed by atoms with Crippen LogP contribution >= 0.6 is 0 Å². The zero-order valence-corrected chi connectivity index (χ0v) is 9.83. The molecule has 0 spiro atoms. The molecule has 1 saturated heterocycles. The van der Waals surface area contributed by atoms with Gasteiger partial charge >= 0.3 is 6.03 Å². The fourth-order valence-electron chi connectivity index (χ4n) is 2.67. The maximum Gasteiger partial charge on any atom is 0.318 e. The van der Waals surface area contributed by atoms with E-state index < -0.39 is 0 Å². The average molecular weight is 210 g/mol. The van der Waals surface area contributed by atoms with E-state index in [1.54, 1.807) is 0 Å². The third kappa shape index (κ3) is 2.27. The van der Waals surface area contributed by atoms with E-state index in [0.717, 1.165) is 6.54 Å². The third-order valence-electron chi connectivity index (χ3n) is 3.78. The molecular weight excluding hydrogens is 188 g/mol. The summed E-state index contributed by atoms with van der Waals surface area (Å²) in [6.07, 6.45) is 6.34. The standard InChI is InChI=1S/C12H22N2O/c1-9(2)11-8-14(12(15)13-11)10-6-4-3-5-7-10/h9-11H,3-8H2,1-2H3,(H,13,15)/t11-/m1/s1. The molecule has 86 valence electrons. The van der Waals surface area contributed by atoms with Crippen LogP contribution in [0.4, 0.5) is 4.79 Å². The van der Waals surface area contributed by atoms with Gasteiger partial charge in [0.2, 0.25) is 0 Å². The minimum Gasteiger partial charge on any atom is -0.333 e. The normalized spacial score (nSPS) is 28.6. The summed E-state index contributed by atoms with van der Waals surface area (Å²) in [6.45, 7) is 5.27. The zero-order chi connectivity index (χ0) is 10.8. The van der Waals surface area contributed by atoms with Gasteiger partial charge in [-0.15, -0.1) is 0 Å². The van der Waals surface area contributed by atoms with Crippen molar-refractivity contribution in [2.24, 2.45) is 5.92 Å². The molecule has 1 heterocycles. The first-order valence-electron chi connectivity index (χ1n) is 6.25. The molecule has 0 radical (unpaired) electrons. The monoisotopic (exact) mass is 210 g/mol. The summed E-state index contributed by atoms with van der Waals surface area (Å²) in [6, 6.07) is 1.04. The predicted octanol–water partition coefficient (Wildman–Crippen LogP) is 2.37. The minimum atomic E-state index is 0.167. The molecular formula is C12H22N2O. The van der Waals surface area contributed by atoms with Crippen molar-refractivity contribution in [1.29, 1.82) is 0 Å². The number of nitrogens with zero attached hydrogens (tertiary/aromatic N) is 1. The van der Waals surface area contributed by atoms with Crippen LogP contribution in [0.2, 0.25) is 0 Å². The predicted molar refractivity (Wildman–Crippen MR) is 60.7 cm³/mol. The molecule has 3 nitrogen and oxygen atoms in total. The second-order valence-corrected chi connectivity index (χ2v) is 5.24. The summed E-state index contributed by atoms with van der Waals surface area (Å²) in [7, 11) is 0. The van der Waals surface area contributed by atoms with E-state index >= 15 is 0 Å². The quantitative estimate of drug-likeness (QED) is 0.745. The van der Waals surface area contributed by atoms with Gasteiger partial charge in [-0.3, -0.25) is 0 Å². The van der Waals surface area contributed by atoms with Crippen molar-refractivity contribution >= 4 is 6.03 Å². The van der Waals surface area contributed by atoms with Gasteiger partial charge in [0.1, 0.15) is 0 Å². The summed E-state index contributed by atoms with van der Waals surface area (Å²) in [4.78, 5) is 13.9. The highest BCUT2D eigenvalue weighted by molar-refractivity contribution is 5.77. The lowest BCUT2D eigenvalue weighted by molar-refractivity contribution is 0.177. The molecule has 1 aliphatic carbocycles. The Labute approximate surface area is 92.2 Å². The molecule has 0 aromatic carbocycles. The number of nitrogens with one attached hydrogen (secondary N) is 1. The van der Waals surface area contributed by atoms with Crippen LogP contribution in [0.1, 0.15) is 46.0 Å². The van der Waals surface area contributed by atoms with Crippen LogP contribution in [0.25, 0.3) is 0 Å². The molecule has 0 aromatic heterocycles. The van der Waals surface area contributed by atoms with Crippen molar-refractivity contribution in [1.82, 2.24) is 10.2 Å². The lowest BCUT2D eigenvalue weighted by atomic mass is 9.94. The first kappa shape index (κ1) is 10.8. The Bertz CT molecular complexity index is 234. The van der Waals surface area contributed by atoms with E-state index in [9.17, 15) is 4.79 Å². The summed E-state index contributed by atoms with van der Waals surface area (Å²) in [5.41, 5.74) is 0. The van der Waals surface area contributed by atoms with E-state index in [1.807, 2.05) is 0 Å². The first-order chi connectivity index (χ1) is 7.18. The van der Waals surface area contributed by atoms with Gasteiger partial charge in [0.15, 0.2) is 0 Å². The number of rotatable bonds is 2. The van der Waals surface area contributed by atoms with Gasteiger partial charge < -0.3 is 10.2 Å². The van der Waals surface area contributed by atoms with Gasteiger partial charge in [-0.2, -0.15) is 0 Å². The average Bonchev–Trinajstić information content (AvgIpc) is 2.62. The molecule has 1 aliphatic heterocycles. The van der Waals surface area contributed by atoms with E-state index in [-0.39, 0.29) is 6.03 Å². The Morgan fingerprint density at radius 3 is 2.47 bits per heavy atom. The van der Waals surface area contributed by atoms with Crippen molar-refractivity contribution in [3.63, 3.8) is 0 Å². The molecule has 2 aliphatic rings. The van der Waals surface area contributed by atoms with Crippen molar-refractivity contribution in [2.75, 3.05) is 6.54 Å². The molecule has 15 heavy (non-hydrogen) atoms. The van der Waals surface area contributed by atoms with Gasteiger partial charge in [-0.1, -0.05) is 33.1 Å². The topological polar surface area (TPSA) is 32.3 Å². The van der Waals surface area contributed by atoms with E-state index in [2.05, 4.69) is 24.1 Å². The summed E-state index contributed by atoms with van der Waals surface area (Å²) >= 11 is 0. The number of hydrogen-bond acceptors (Lipinski definition) is 1. The molecule has 1 N–H and O–H groups in total. The highest BCUT2D eigenvalue weighted by Crippen LogP contribution is 2.25. The number of carbonyl (C=O) groups is 1. The van der Waals surface area contributed by atoms with Crippen molar-refractivity contribution in [2.45, 2.75) is 58.0 Å². The van der Waals surface area contributed by atoms with Crippen LogP contribution in [0.5, 0.6) is 0 Å². The van der Waals surface area contributed by atoms with Crippen molar-refractivity contribution in [3.05, 3.63) is 0 Å². The van der Waals surface area contributed by atoms with Crippen LogP contribution < -0.4 is 5.32 Å². The summed E-state index contributed by atoms with van der Waals surface area (Å²) in [5.74, 6) is 0.544. The van der Waals surface area contributed by atoms with Crippen molar-refractivity contribution in [3.8, 4) is 0 Å². The Kier molecular flexibility index (Phi) is 3.17. The fourth-order valence-corrected chi connectivity index (χ4v) is 2.67. The minimum absolute atomic E-state index is 0.167. The van der Waals surface area contributed by atoms with Crippen LogP contribution in [-0.2, 0) is 0 Å². The van der Waals surface area contributed by atoms with Gasteiger partial charge in [0.25, 0.3) is 0 Å². The molecule has 2 fully saturated rings. The number of urea groups is 1. The maximum atomic E-state index is 11.8. The fraction of sp³-hybridized carbons (Fsp3) is 0.917. The molecule has 3 heteroatoms. The van der Waals surface area contributed by atoms with Crippen LogP contribution in [0.3, 0.4) is 0 Å². The SMILES string of the molecule is CC(C)[C@H]1CN(C2CCCCC2)C(=O)N1. The summed E-state index contributed by atoms with van der Waals surface area (Å²) in [5, 5.41) is 3.09. The maximum absolute atomic E-state index is 11.8. The molecule has 0 bridgehead atoms. The Morgan fingerprint density at radius 1 is 1.27 bits per heavy atom. The molecule has 1 saturated carbocycles. The number of amides is 2. The molecule has 0 aromatic rings. The van der Waals surface area contributed by atoms with E-state index in [1.165, 1.54) is 32.1 Å². The lowest BCUT2D eigenvalue weighted by Gasteiger charge is -2.30. The largest absolute Gasteiger partial charge is 0.333 e. The Morgan fingerprint density at radius 2 is 1.93 bits per heavy atom. The highest BCUT2D eigenvalue weighted by Gasteiger charge is 2.35. The summed E-state index contributed by atoms with van der Waals surface area (Å²) < 4.78 is 0. The molecule has 2 amide bonds. The Hall–Kier alpha value is -0.730. The molecule has 0 unspecified atom stereocenters. The first-order valence-corrected chi connectivity index (χ1v) is 6.25. The van der Waals surface area contributed by atoms with Crippen LogP contribution in [0.15, 0.2) is 0 Å². The van der Waals surface area contributed by atoms with Crippen LogP contribution in [-0.4, -0.2) is 29.6 Å². The smallest absolute Gasteiger partial charge is 0.318 e. The van der Waals surface area contributed by atoms with Crippen LogP contribution in [0, 0.1) is 5.92 Å². The number of carbonyl (C=O) groups excluding carboxylic acids is 1. The van der Waals surface area contributed by atoms with Gasteiger partial charge in [0, 0.05) is 12.6 Å². The third-order valence-corrected chi connectivity index (χ3v) is 3.78. The Balaban J connectivity index is 1.95.